The first kappa shape index (κ1) is 22.7. The number of hydrogen-bond acceptors (Lipinski definition) is 5. The number of nitrogens with zero attached hydrogens (tertiary/aromatic N) is 1. The Morgan fingerprint density at radius 3 is 2.17 bits per heavy atom. The van der Waals surface area contributed by atoms with Gasteiger partial charge in [-0.25, -0.2) is 8.42 Å². The van der Waals surface area contributed by atoms with Gasteiger partial charge in [-0.3, -0.25) is 4.79 Å². The molecular weight excluding hydrogens is 392 g/mol. The predicted molar refractivity (Wildman–Crippen MR) is 112 cm³/mol. The molecule has 0 aromatic heterocycles. The molecular formula is C21H28N2O5S. The summed E-state index contributed by atoms with van der Waals surface area (Å²) in [5.74, 6) is 0.567. The fraction of sp³-hybridized carbons (Fsp3) is 0.381. The number of amides is 1. The van der Waals surface area contributed by atoms with Gasteiger partial charge in [0, 0.05) is 18.7 Å². The Labute approximate surface area is 172 Å². The van der Waals surface area contributed by atoms with Crippen LogP contribution in [0.25, 0.3) is 0 Å². The Balaban J connectivity index is 2.31. The summed E-state index contributed by atoms with van der Waals surface area (Å²) in [4.78, 5) is 12.7. The van der Waals surface area contributed by atoms with Crippen molar-refractivity contribution >= 4 is 15.9 Å². The zero-order valence-electron chi connectivity index (χ0n) is 17.4. The van der Waals surface area contributed by atoms with E-state index in [4.69, 9.17) is 9.47 Å². The summed E-state index contributed by atoms with van der Waals surface area (Å²) in [6.45, 7) is 6.04. The number of ether oxygens (including phenoxy) is 2. The third kappa shape index (κ3) is 5.07. The second-order valence-corrected chi connectivity index (χ2v) is 8.33. The average molecular weight is 421 g/mol. The lowest BCUT2D eigenvalue weighted by atomic mass is 10.1. The monoisotopic (exact) mass is 420 g/mol. The first-order chi connectivity index (χ1) is 13.8. The molecule has 2 rings (SSSR count). The number of sulfonamides is 1. The Morgan fingerprint density at radius 2 is 1.66 bits per heavy atom. The van der Waals surface area contributed by atoms with Crippen LogP contribution in [0.2, 0.25) is 0 Å². The number of hydrogen-bond donors (Lipinski definition) is 1. The van der Waals surface area contributed by atoms with Crippen molar-refractivity contribution in [1.29, 1.82) is 0 Å². The molecule has 158 valence electrons. The molecule has 8 heteroatoms. The lowest BCUT2D eigenvalue weighted by Gasteiger charge is -2.21. The lowest BCUT2D eigenvalue weighted by Crippen LogP contribution is -2.31. The van der Waals surface area contributed by atoms with Crippen LogP contribution in [0, 0.1) is 0 Å². The Morgan fingerprint density at radius 1 is 1.03 bits per heavy atom. The summed E-state index contributed by atoms with van der Waals surface area (Å²) in [5.41, 5.74) is 1.15. The molecule has 0 radical (unpaired) electrons. The summed E-state index contributed by atoms with van der Waals surface area (Å²) < 4.78 is 37.6. The number of nitrogens with one attached hydrogen (secondary N) is 1. The molecule has 2 aromatic carbocycles. The van der Waals surface area contributed by atoms with Crippen LogP contribution in [0.15, 0.2) is 47.4 Å². The lowest BCUT2D eigenvalue weighted by molar-refractivity contribution is 0.0939. The molecule has 2 aromatic rings. The molecule has 1 N–H and O–H groups in total. The normalized spacial score (nSPS) is 12.5. The highest BCUT2D eigenvalue weighted by Crippen LogP contribution is 2.28. The van der Waals surface area contributed by atoms with Gasteiger partial charge in [0.05, 0.1) is 20.3 Å². The SMILES string of the molecule is CCN(CC)S(=O)(=O)c1cc(C(=O)N[C@@H](C)c2ccc(OC)cc2)ccc1OC. The Bertz CT molecular complexity index is 938. The topological polar surface area (TPSA) is 84.9 Å². The maximum absolute atomic E-state index is 13.0. The van der Waals surface area contributed by atoms with Gasteiger partial charge in [-0.2, -0.15) is 4.31 Å². The van der Waals surface area contributed by atoms with Gasteiger partial charge >= 0.3 is 0 Å². The Hall–Kier alpha value is -2.58. The average Bonchev–Trinajstić information content (AvgIpc) is 2.73. The first-order valence-electron chi connectivity index (χ1n) is 9.41. The van der Waals surface area contributed by atoms with E-state index in [0.717, 1.165) is 11.3 Å². The molecule has 1 amide bonds. The minimum absolute atomic E-state index is 0.0200. The van der Waals surface area contributed by atoms with E-state index in [1.807, 2.05) is 31.2 Å². The Kier molecular flexibility index (Phi) is 7.64. The first-order valence-corrected chi connectivity index (χ1v) is 10.8. The molecule has 0 aliphatic carbocycles. The summed E-state index contributed by atoms with van der Waals surface area (Å²) >= 11 is 0. The predicted octanol–water partition coefficient (Wildman–Crippen LogP) is 3.23. The molecule has 0 heterocycles. The van der Waals surface area contributed by atoms with Crippen molar-refractivity contribution < 1.29 is 22.7 Å². The smallest absolute Gasteiger partial charge is 0.251 e. The molecule has 0 fully saturated rings. The molecule has 0 aliphatic rings. The van der Waals surface area contributed by atoms with Crippen LogP contribution in [0.3, 0.4) is 0 Å². The maximum atomic E-state index is 13.0. The number of methoxy groups -OCH3 is 2. The number of benzene rings is 2. The summed E-state index contributed by atoms with van der Waals surface area (Å²) in [6, 6.07) is 11.5. The quantitative estimate of drug-likeness (QED) is 0.673. The number of rotatable bonds is 9. The molecule has 0 bridgehead atoms. The van der Waals surface area contributed by atoms with Crippen LogP contribution in [0.5, 0.6) is 11.5 Å². The zero-order valence-corrected chi connectivity index (χ0v) is 18.2. The molecule has 0 spiro atoms. The van der Waals surface area contributed by atoms with Crippen LogP contribution in [-0.2, 0) is 10.0 Å². The fourth-order valence-corrected chi connectivity index (χ4v) is 4.62. The minimum Gasteiger partial charge on any atom is -0.497 e. The third-order valence-electron chi connectivity index (χ3n) is 4.71. The summed E-state index contributed by atoms with van der Waals surface area (Å²) in [7, 11) is -0.778. The van der Waals surface area contributed by atoms with Crippen LogP contribution in [0.4, 0.5) is 0 Å². The van der Waals surface area contributed by atoms with E-state index in [-0.39, 0.29) is 28.2 Å². The van der Waals surface area contributed by atoms with Gasteiger partial charge < -0.3 is 14.8 Å². The van der Waals surface area contributed by atoms with Crippen molar-refractivity contribution in [2.45, 2.75) is 31.7 Å². The third-order valence-corrected chi connectivity index (χ3v) is 6.78. The van der Waals surface area contributed by atoms with Crippen molar-refractivity contribution in [2.24, 2.45) is 0 Å². The van der Waals surface area contributed by atoms with Crippen molar-refractivity contribution in [3.63, 3.8) is 0 Å². The van der Waals surface area contributed by atoms with Gasteiger partial charge in [0.1, 0.15) is 16.4 Å². The highest BCUT2D eigenvalue weighted by molar-refractivity contribution is 7.89. The maximum Gasteiger partial charge on any atom is 0.251 e. The van der Waals surface area contributed by atoms with Crippen molar-refractivity contribution in [2.75, 3.05) is 27.3 Å². The van der Waals surface area contributed by atoms with E-state index in [0.29, 0.717) is 13.1 Å². The van der Waals surface area contributed by atoms with E-state index >= 15 is 0 Å². The second kappa shape index (κ2) is 9.76. The van der Waals surface area contributed by atoms with Crippen LogP contribution >= 0.6 is 0 Å². The standard InChI is InChI=1S/C21H28N2O5S/c1-6-23(7-2)29(25,26)20-14-17(10-13-19(20)28-5)21(24)22-15(3)16-8-11-18(27-4)12-9-16/h8-15H,6-7H2,1-5H3,(H,22,24)/t15-/m0/s1. The van der Waals surface area contributed by atoms with Crippen LogP contribution in [0.1, 0.15) is 42.7 Å². The summed E-state index contributed by atoms with van der Waals surface area (Å²) in [6.07, 6.45) is 0. The van der Waals surface area contributed by atoms with Gasteiger partial charge in [-0.1, -0.05) is 26.0 Å². The van der Waals surface area contributed by atoms with E-state index in [9.17, 15) is 13.2 Å². The largest absolute Gasteiger partial charge is 0.497 e. The summed E-state index contributed by atoms with van der Waals surface area (Å²) in [5, 5.41) is 2.89. The highest BCUT2D eigenvalue weighted by atomic mass is 32.2. The number of carbonyl (C=O) groups is 1. The van der Waals surface area contributed by atoms with Gasteiger partial charge in [0.15, 0.2) is 0 Å². The molecule has 0 saturated carbocycles. The van der Waals surface area contributed by atoms with Crippen LogP contribution < -0.4 is 14.8 Å². The minimum atomic E-state index is -3.77. The molecule has 29 heavy (non-hydrogen) atoms. The van der Waals surface area contributed by atoms with Gasteiger partial charge in [0.2, 0.25) is 10.0 Å². The molecule has 0 aliphatic heterocycles. The molecule has 1 atom stereocenters. The van der Waals surface area contributed by atoms with E-state index < -0.39 is 10.0 Å². The van der Waals surface area contributed by atoms with Crippen molar-refractivity contribution in [3.8, 4) is 11.5 Å². The second-order valence-electron chi connectivity index (χ2n) is 6.42. The highest BCUT2D eigenvalue weighted by Gasteiger charge is 2.27. The van der Waals surface area contributed by atoms with Crippen molar-refractivity contribution in [1.82, 2.24) is 9.62 Å². The van der Waals surface area contributed by atoms with Gasteiger partial charge in [0.25, 0.3) is 5.91 Å². The van der Waals surface area contributed by atoms with Crippen molar-refractivity contribution in [3.05, 3.63) is 53.6 Å². The molecule has 0 saturated heterocycles. The van der Waals surface area contributed by atoms with E-state index in [1.54, 1.807) is 27.0 Å². The molecule has 7 nitrogen and oxygen atoms in total. The fourth-order valence-electron chi connectivity index (χ4n) is 2.98. The van der Waals surface area contributed by atoms with E-state index in [1.165, 1.54) is 23.5 Å². The van der Waals surface area contributed by atoms with E-state index in [2.05, 4.69) is 5.32 Å². The van der Waals surface area contributed by atoms with Gasteiger partial charge in [-0.05, 0) is 42.8 Å². The molecule has 0 unspecified atom stereocenters. The number of carbonyl (C=O) groups excluding carboxylic acids is 1. The van der Waals surface area contributed by atoms with Gasteiger partial charge in [-0.15, -0.1) is 0 Å². The zero-order chi connectivity index (χ0) is 21.6. The van der Waals surface area contributed by atoms with Crippen LogP contribution in [-0.4, -0.2) is 45.9 Å².